The molecule has 0 fully saturated rings. The van der Waals surface area contributed by atoms with Gasteiger partial charge >= 0.3 is 5.97 Å². The highest BCUT2D eigenvalue weighted by atomic mass is 16.5. The lowest BCUT2D eigenvalue weighted by atomic mass is 10.5. The number of nitrogens with zero attached hydrogens (tertiary/aromatic N) is 3. The molecule has 0 bridgehead atoms. The molecule has 2 aromatic rings. The Morgan fingerprint density at radius 1 is 1.40 bits per heavy atom. The first-order valence-corrected chi connectivity index (χ1v) is 4.23. The number of methoxy groups -OCH3 is 2. The van der Waals surface area contributed by atoms with Crippen LogP contribution < -0.4 is 4.74 Å². The number of fused-ring (bicyclic) bond motifs is 1. The monoisotopic (exact) mass is 207 g/mol. The molecule has 78 valence electrons. The van der Waals surface area contributed by atoms with E-state index in [4.69, 9.17) is 4.74 Å². The van der Waals surface area contributed by atoms with Gasteiger partial charge in [0.05, 0.1) is 20.4 Å². The number of aromatic nitrogens is 3. The van der Waals surface area contributed by atoms with E-state index in [1.807, 2.05) is 0 Å². The molecule has 0 saturated heterocycles. The van der Waals surface area contributed by atoms with E-state index >= 15 is 0 Å². The van der Waals surface area contributed by atoms with E-state index in [1.165, 1.54) is 24.9 Å². The van der Waals surface area contributed by atoms with E-state index < -0.39 is 5.97 Å². The Morgan fingerprint density at radius 2 is 2.20 bits per heavy atom. The van der Waals surface area contributed by atoms with Crippen molar-refractivity contribution in [2.45, 2.75) is 0 Å². The predicted molar refractivity (Wildman–Crippen MR) is 50.9 cm³/mol. The third-order valence-corrected chi connectivity index (χ3v) is 1.90. The van der Waals surface area contributed by atoms with Gasteiger partial charge in [-0.15, -0.1) is 5.10 Å². The summed E-state index contributed by atoms with van der Waals surface area (Å²) in [5.41, 5.74) is 0.787. The van der Waals surface area contributed by atoms with Crippen molar-refractivity contribution >= 4 is 11.6 Å². The summed E-state index contributed by atoms with van der Waals surface area (Å²) >= 11 is 0. The summed E-state index contributed by atoms with van der Waals surface area (Å²) in [4.78, 5) is 15.2. The summed E-state index contributed by atoms with van der Waals surface area (Å²) in [6.45, 7) is 0. The van der Waals surface area contributed by atoms with Crippen molar-refractivity contribution in [2.75, 3.05) is 14.2 Å². The van der Waals surface area contributed by atoms with Crippen LogP contribution in [0.2, 0.25) is 0 Å². The summed E-state index contributed by atoms with van der Waals surface area (Å²) in [7, 11) is 2.83. The van der Waals surface area contributed by atoms with Crippen molar-refractivity contribution in [3.05, 3.63) is 24.0 Å². The largest absolute Gasteiger partial charge is 0.480 e. The Hall–Kier alpha value is -2.11. The molecule has 0 aromatic carbocycles. The van der Waals surface area contributed by atoms with Crippen LogP contribution in [0.5, 0.6) is 5.88 Å². The smallest absolute Gasteiger partial charge is 0.358 e. The maximum absolute atomic E-state index is 11.2. The van der Waals surface area contributed by atoms with Crippen LogP contribution in [0.1, 0.15) is 10.5 Å². The molecular formula is C9H9N3O3. The van der Waals surface area contributed by atoms with Gasteiger partial charge in [-0.25, -0.2) is 14.3 Å². The molecule has 0 spiro atoms. The second-order valence-electron chi connectivity index (χ2n) is 2.80. The maximum atomic E-state index is 11.2. The Morgan fingerprint density at radius 3 is 2.87 bits per heavy atom. The molecule has 0 aliphatic carbocycles. The zero-order valence-corrected chi connectivity index (χ0v) is 8.30. The van der Waals surface area contributed by atoms with Crippen LogP contribution in [-0.2, 0) is 4.74 Å². The molecule has 0 radical (unpaired) electrons. The highest BCUT2D eigenvalue weighted by Crippen LogP contribution is 2.09. The van der Waals surface area contributed by atoms with E-state index in [2.05, 4.69) is 14.8 Å². The topological polar surface area (TPSA) is 65.7 Å². The number of rotatable bonds is 2. The minimum absolute atomic E-state index is 0.221. The molecule has 0 N–H and O–H groups in total. The Labute approximate surface area is 85.4 Å². The van der Waals surface area contributed by atoms with E-state index in [0.29, 0.717) is 11.5 Å². The molecule has 2 heterocycles. The van der Waals surface area contributed by atoms with Crippen LogP contribution in [0.4, 0.5) is 0 Å². The molecule has 2 rings (SSSR count). The summed E-state index contributed by atoms with van der Waals surface area (Å²) in [6.07, 6.45) is 1.49. The van der Waals surface area contributed by atoms with Crippen LogP contribution >= 0.6 is 0 Å². The van der Waals surface area contributed by atoms with Gasteiger partial charge in [0.1, 0.15) is 0 Å². The fourth-order valence-corrected chi connectivity index (χ4v) is 1.18. The molecule has 0 unspecified atom stereocenters. The normalized spacial score (nSPS) is 10.3. The number of carbonyl (C=O) groups is 1. The van der Waals surface area contributed by atoms with Crippen molar-refractivity contribution in [1.29, 1.82) is 0 Å². The third-order valence-electron chi connectivity index (χ3n) is 1.90. The van der Waals surface area contributed by atoms with E-state index in [0.717, 1.165) is 0 Å². The molecule has 6 nitrogen and oxygen atoms in total. The SMILES string of the molecule is COC(=O)c1cn2nc(OC)ccc2n1. The average molecular weight is 207 g/mol. The van der Waals surface area contributed by atoms with Gasteiger partial charge in [-0.1, -0.05) is 0 Å². The lowest BCUT2D eigenvalue weighted by Crippen LogP contribution is -2.00. The zero-order valence-electron chi connectivity index (χ0n) is 8.30. The number of carbonyl (C=O) groups excluding carboxylic acids is 1. The average Bonchev–Trinajstić information content (AvgIpc) is 2.70. The number of ether oxygens (including phenoxy) is 2. The molecule has 2 aromatic heterocycles. The van der Waals surface area contributed by atoms with Crippen LogP contribution in [0.25, 0.3) is 5.65 Å². The second-order valence-corrected chi connectivity index (χ2v) is 2.80. The first-order chi connectivity index (χ1) is 7.24. The van der Waals surface area contributed by atoms with Gasteiger partial charge in [0, 0.05) is 6.07 Å². The molecule has 0 aliphatic rings. The maximum Gasteiger partial charge on any atom is 0.358 e. The van der Waals surface area contributed by atoms with E-state index in [1.54, 1.807) is 12.1 Å². The van der Waals surface area contributed by atoms with Crippen LogP contribution in [-0.4, -0.2) is 34.8 Å². The van der Waals surface area contributed by atoms with Gasteiger partial charge in [-0.2, -0.15) is 0 Å². The first kappa shape index (κ1) is 9.45. The number of hydrogen-bond donors (Lipinski definition) is 0. The van der Waals surface area contributed by atoms with Gasteiger partial charge in [0.2, 0.25) is 5.88 Å². The van der Waals surface area contributed by atoms with Crippen LogP contribution in [0, 0.1) is 0 Å². The van der Waals surface area contributed by atoms with Gasteiger partial charge in [-0.3, -0.25) is 0 Å². The van der Waals surface area contributed by atoms with Gasteiger partial charge in [0.25, 0.3) is 0 Å². The molecule has 6 heteroatoms. The number of imidazole rings is 1. The Kier molecular flexibility index (Phi) is 2.24. The first-order valence-electron chi connectivity index (χ1n) is 4.23. The summed E-state index contributed by atoms with van der Waals surface area (Å²) in [6, 6.07) is 3.38. The van der Waals surface area contributed by atoms with Crippen molar-refractivity contribution in [2.24, 2.45) is 0 Å². The lowest BCUT2D eigenvalue weighted by Gasteiger charge is -1.96. The minimum atomic E-state index is -0.487. The van der Waals surface area contributed by atoms with Crippen molar-refractivity contribution in [3.63, 3.8) is 0 Å². The summed E-state index contributed by atoms with van der Waals surface area (Å²) in [5.74, 6) is -0.0317. The highest BCUT2D eigenvalue weighted by Gasteiger charge is 2.11. The Bertz CT molecular complexity index is 506. The standard InChI is InChI=1S/C9H9N3O3/c1-14-8-4-3-7-10-6(9(13)15-2)5-12(7)11-8/h3-5H,1-2H3. The lowest BCUT2D eigenvalue weighted by molar-refractivity contribution is 0.0594. The minimum Gasteiger partial charge on any atom is -0.480 e. The third kappa shape index (κ3) is 1.61. The summed E-state index contributed by atoms with van der Waals surface area (Å²) < 4.78 is 11.0. The number of hydrogen-bond acceptors (Lipinski definition) is 5. The quantitative estimate of drug-likeness (QED) is 0.672. The van der Waals surface area contributed by atoms with Gasteiger partial charge in [-0.05, 0) is 6.07 Å². The van der Waals surface area contributed by atoms with E-state index in [-0.39, 0.29) is 5.69 Å². The fraction of sp³-hybridized carbons (Fsp3) is 0.222. The fourth-order valence-electron chi connectivity index (χ4n) is 1.18. The second kappa shape index (κ2) is 3.56. The van der Waals surface area contributed by atoms with Gasteiger partial charge in [0.15, 0.2) is 11.3 Å². The Balaban J connectivity index is 2.51. The number of esters is 1. The highest BCUT2D eigenvalue weighted by molar-refractivity contribution is 5.87. The molecule has 0 saturated carbocycles. The predicted octanol–water partition coefficient (Wildman–Crippen LogP) is 0.524. The van der Waals surface area contributed by atoms with Crippen molar-refractivity contribution in [1.82, 2.24) is 14.6 Å². The molecule has 0 amide bonds. The molecule has 0 atom stereocenters. The molecule has 0 aliphatic heterocycles. The van der Waals surface area contributed by atoms with Crippen molar-refractivity contribution < 1.29 is 14.3 Å². The van der Waals surface area contributed by atoms with Crippen LogP contribution in [0.15, 0.2) is 18.3 Å². The zero-order chi connectivity index (χ0) is 10.8. The van der Waals surface area contributed by atoms with Crippen molar-refractivity contribution in [3.8, 4) is 5.88 Å². The summed E-state index contributed by atoms with van der Waals surface area (Å²) in [5, 5.41) is 4.06. The van der Waals surface area contributed by atoms with Crippen LogP contribution in [0.3, 0.4) is 0 Å². The molecular weight excluding hydrogens is 198 g/mol. The molecule has 15 heavy (non-hydrogen) atoms. The van der Waals surface area contributed by atoms with E-state index in [9.17, 15) is 4.79 Å². The van der Waals surface area contributed by atoms with Gasteiger partial charge < -0.3 is 9.47 Å².